The Hall–Kier alpha value is -3.10. The van der Waals surface area contributed by atoms with E-state index in [9.17, 15) is 29.4 Å². The quantitative estimate of drug-likeness (QED) is 0.631. The maximum absolute atomic E-state index is 13.7. The van der Waals surface area contributed by atoms with Gasteiger partial charge in [-0.25, -0.2) is 4.39 Å². The molecule has 0 saturated carbocycles. The Morgan fingerprint density at radius 3 is 2.43 bits per heavy atom. The number of hydrogen-bond donors (Lipinski definition) is 0. The molecule has 0 fully saturated rings. The predicted molar refractivity (Wildman–Crippen MR) is 69.5 cm³/mol. The van der Waals surface area contributed by atoms with Crippen LogP contribution in [0.25, 0.3) is 0 Å². The van der Waals surface area contributed by atoms with Crippen LogP contribution in [0.15, 0.2) is 41.3 Å². The largest absolute Gasteiger partial charge is 0.304 e. The lowest BCUT2D eigenvalue weighted by Crippen LogP contribution is -2.20. The van der Waals surface area contributed by atoms with Crippen LogP contribution in [-0.4, -0.2) is 14.4 Å². The first-order chi connectivity index (χ1) is 9.90. The lowest BCUT2D eigenvalue weighted by Gasteiger charge is -2.07. The molecule has 0 atom stereocenters. The Labute approximate surface area is 116 Å². The van der Waals surface area contributed by atoms with Gasteiger partial charge in [0.15, 0.2) is 0 Å². The van der Waals surface area contributed by atoms with Crippen molar-refractivity contribution in [3.63, 3.8) is 0 Å². The van der Waals surface area contributed by atoms with E-state index in [1.165, 1.54) is 6.07 Å². The van der Waals surface area contributed by atoms with Gasteiger partial charge in [0, 0.05) is 18.2 Å². The SMILES string of the molecule is O=c1ccc([N+](=O)[O-])cn1Cc1c(F)cccc1[N+](=O)[O-]. The molecule has 1 heterocycles. The number of benzene rings is 1. The van der Waals surface area contributed by atoms with Gasteiger partial charge in [-0.05, 0) is 6.07 Å². The predicted octanol–water partition coefficient (Wildman–Crippen LogP) is 1.85. The van der Waals surface area contributed by atoms with E-state index in [-0.39, 0.29) is 11.3 Å². The molecule has 2 aromatic rings. The number of rotatable bonds is 4. The van der Waals surface area contributed by atoms with Crippen molar-refractivity contribution in [3.05, 3.63) is 78.5 Å². The Balaban J connectivity index is 2.53. The summed E-state index contributed by atoms with van der Waals surface area (Å²) in [6.45, 7) is -0.469. The molecular weight excluding hydrogens is 285 g/mol. The van der Waals surface area contributed by atoms with Gasteiger partial charge in [-0.3, -0.25) is 25.0 Å². The summed E-state index contributed by atoms with van der Waals surface area (Å²) in [5.74, 6) is -0.859. The van der Waals surface area contributed by atoms with Gasteiger partial charge in [0.25, 0.3) is 16.9 Å². The Morgan fingerprint density at radius 1 is 1.10 bits per heavy atom. The van der Waals surface area contributed by atoms with E-state index in [1.54, 1.807) is 0 Å². The molecule has 0 saturated heterocycles. The second kappa shape index (κ2) is 5.49. The van der Waals surface area contributed by atoms with E-state index in [1.807, 2.05) is 0 Å². The minimum Gasteiger partial charge on any atom is -0.304 e. The zero-order valence-electron chi connectivity index (χ0n) is 10.4. The fourth-order valence-electron chi connectivity index (χ4n) is 1.80. The third-order valence-corrected chi connectivity index (χ3v) is 2.80. The molecule has 0 aliphatic heterocycles. The van der Waals surface area contributed by atoms with Crippen molar-refractivity contribution >= 4 is 11.4 Å². The topological polar surface area (TPSA) is 108 Å². The van der Waals surface area contributed by atoms with Gasteiger partial charge in [-0.1, -0.05) is 6.07 Å². The smallest absolute Gasteiger partial charge is 0.285 e. The van der Waals surface area contributed by atoms with Crippen molar-refractivity contribution in [2.24, 2.45) is 0 Å². The van der Waals surface area contributed by atoms with E-state index < -0.39 is 33.5 Å². The molecule has 0 bridgehead atoms. The highest BCUT2D eigenvalue weighted by Gasteiger charge is 2.19. The van der Waals surface area contributed by atoms with Crippen molar-refractivity contribution in [2.75, 3.05) is 0 Å². The summed E-state index contributed by atoms with van der Waals surface area (Å²) >= 11 is 0. The van der Waals surface area contributed by atoms with Crippen molar-refractivity contribution in [2.45, 2.75) is 6.54 Å². The molecular formula is C12H8FN3O5. The van der Waals surface area contributed by atoms with Crippen LogP contribution >= 0.6 is 0 Å². The Kier molecular flexibility index (Phi) is 3.74. The first-order valence-corrected chi connectivity index (χ1v) is 5.67. The summed E-state index contributed by atoms with van der Waals surface area (Å²) < 4.78 is 14.6. The van der Waals surface area contributed by atoms with Gasteiger partial charge in [-0.15, -0.1) is 0 Å². The molecule has 0 aliphatic carbocycles. The van der Waals surface area contributed by atoms with Crippen LogP contribution in [-0.2, 0) is 6.54 Å². The highest BCUT2D eigenvalue weighted by molar-refractivity contribution is 5.41. The molecule has 108 valence electrons. The van der Waals surface area contributed by atoms with Crippen molar-refractivity contribution < 1.29 is 14.2 Å². The number of aromatic nitrogens is 1. The lowest BCUT2D eigenvalue weighted by atomic mass is 10.1. The fourth-order valence-corrected chi connectivity index (χ4v) is 1.80. The summed E-state index contributed by atoms with van der Waals surface area (Å²) in [6.07, 6.45) is 0.915. The maximum Gasteiger partial charge on any atom is 0.285 e. The lowest BCUT2D eigenvalue weighted by molar-refractivity contribution is -0.386. The van der Waals surface area contributed by atoms with E-state index in [0.29, 0.717) is 0 Å². The van der Waals surface area contributed by atoms with Crippen molar-refractivity contribution in [1.29, 1.82) is 0 Å². The van der Waals surface area contributed by atoms with E-state index in [0.717, 1.165) is 35.0 Å². The average Bonchev–Trinajstić information content (AvgIpc) is 2.42. The highest BCUT2D eigenvalue weighted by atomic mass is 19.1. The van der Waals surface area contributed by atoms with Crippen LogP contribution in [0.1, 0.15) is 5.56 Å². The van der Waals surface area contributed by atoms with Gasteiger partial charge in [0.1, 0.15) is 5.82 Å². The molecule has 1 aromatic heterocycles. The molecule has 8 nitrogen and oxygen atoms in total. The molecule has 21 heavy (non-hydrogen) atoms. The highest BCUT2D eigenvalue weighted by Crippen LogP contribution is 2.22. The molecule has 0 radical (unpaired) electrons. The van der Waals surface area contributed by atoms with Crippen LogP contribution in [0, 0.1) is 26.0 Å². The first kappa shape index (κ1) is 14.3. The summed E-state index contributed by atoms with van der Waals surface area (Å²) in [5, 5.41) is 21.5. The van der Waals surface area contributed by atoms with Crippen LogP contribution in [0.3, 0.4) is 0 Å². The number of pyridine rings is 1. The van der Waals surface area contributed by atoms with Crippen LogP contribution < -0.4 is 5.56 Å². The van der Waals surface area contributed by atoms with Gasteiger partial charge in [0.2, 0.25) is 0 Å². The standard InChI is InChI=1S/C12H8FN3O5/c13-10-2-1-3-11(16(20)21)9(10)7-14-6-8(15(18)19)4-5-12(14)17/h1-6H,7H2. The molecule has 2 rings (SSSR count). The molecule has 1 aromatic carbocycles. The summed E-state index contributed by atoms with van der Waals surface area (Å²) in [7, 11) is 0. The zero-order chi connectivity index (χ0) is 15.6. The minimum atomic E-state index is -0.859. The first-order valence-electron chi connectivity index (χ1n) is 5.67. The van der Waals surface area contributed by atoms with Crippen LogP contribution in [0.5, 0.6) is 0 Å². The molecule has 0 unspecified atom stereocenters. The Bertz CT molecular complexity index is 787. The van der Waals surface area contributed by atoms with Crippen molar-refractivity contribution in [1.82, 2.24) is 4.57 Å². The second-order valence-corrected chi connectivity index (χ2v) is 4.11. The number of halogens is 1. The molecule has 0 amide bonds. The van der Waals surface area contributed by atoms with E-state index in [4.69, 9.17) is 0 Å². The van der Waals surface area contributed by atoms with E-state index in [2.05, 4.69) is 0 Å². The van der Waals surface area contributed by atoms with E-state index >= 15 is 0 Å². The summed E-state index contributed by atoms with van der Waals surface area (Å²) in [4.78, 5) is 31.7. The van der Waals surface area contributed by atoms with Crippen molar-refractivity contribution in [3.8, 4) is 0 Å². The molecule has 0 N–H and O–H groups in total. The summed E-state index contributed by atoms with van der Waals surface area (Å²) in [5.41, 5.74) is -1.80. The number of hydrogen-bond acceptors (Lipinski definition) is 5. The maximum atomic E-state index is 13.7. The Morgan fingerprint density at radius 2 is 1.81 bits per heavy atom. The van der Waals surface area contributed by atoms with Crippen LogP contribution in [0.4, 0.5) is 15.8 Å². The van der Waals surface area contributed by atoms with Gasteiger partial charge in [-0.2, -0.15) is 0 Å². The van der Waals surface area contributed by atoms with Gasteiger partial charge < -0.3 is 4.57 Å². The monoisotopic (exact) mass is 293 g/mol. The average molecular weight is 293 g/mol. The zero-order valence-corrected chi connectivity index (χ0v) is 10.4. The summed E-state index contributed by atoms with van der Waals surface area (Å²) in [6, 6.07) is 5.25. The number of nitro benzene ring substituents is 1. The third kappa shape index (κ3) is 2.91. The number of nitrogens with zero attached hydrogens (tertiary/aromatic N) is 3. The molecule has 0 spiro atoms. The minimum absolute atomic E-state index is 0.315. The molecule has 0 aliphatic rings. The third-order valence-electron chi connectivity index (χ3n) is 2.80. The molecule has 9 heteroatoms. The normalized spacial score (nSPS) is 10.3. The van der Waals surface area contributed by atoms with Gasteiger partial charge >= 0.3 is 0 Å². The van der Waals surface area contributed by atoms with Crippen LogP contribution in [0.2, 0.25) is 0 Å². The number of nitro groups is 2. The fraction of sp³-hybridized carbons (Fsp3) is 0.0833. The second-order valence-electron chi connectivity index (χ2n) is 4.11. The van der Waals surface area contributed by atoms with Gasteiger partial charge in [0.05, 0.1) is 28.2 Å².